The SMILES string of the molecule is CC(N)c1nnn2c1CCCC2. The summed E-state index contributed by atoms with van der Waals surface area (Å²) < 4.78 is 1.99. The summed E-state index contributed by atoms with van der Waals surface area (Å²) in [5.74, 6) is 0. The van der Waals surface area contributed by atoms with Crippen LogP contribution in [0, 0.1) is 0 Å². The average molecular weight is 166 g/mol. The second-order valence-corrected chi connectivity index (χ2v) is 3.39. The molecule has 1 aromatic heterocycles. The van der Waals surface area contributed by atoms with Gasteiger partial charge in [-0.1, -0.05) is 5.21 Å². The summed E-state index contributed by atoms with van der Waals surface area (Å²) >= 11 is 0. The van der Waals surface area contributed by atoms with E-state index in [1.165, 1.54) is 18.5 Å². The van der Waals surface area contributed by atoms with Crippen molar-refractivity contribution in [1.82, 2.24) is 15.0 Å². The summed E-state index contributed by atoms with van der Waals surface area (Å²) in [6.45, 7) is 2.97. The molecule has 0 spiro atoms. The summed E-state index contributed by atoms with van der Waals surface area (Å²) in [6, 6.07) is 0.0202. The van der Waals surface area contributed by atoms with E-state index in [4.69, 9.17) is 5.73 Å². The Morgan fingerprint density at radius 1 is 1.50 bits per heavy atom. The molecule has 4 nitrogen and oxygen atoms in total. The third kappa shape index (κ3) is 1.12. The van der Waals surface area contributed by atoms with Gasteiger partial charge in [0.1, 0.15) is 5.69 Å². The fourth-order valence-corrected chi connectivity index (χ4v) is 1.69. The van der Waals surface area contributed by atoms with Gasteiger partial charge in [-0.15, -0.1) is 5.10 Å². The lowest BCUT2D eigenvalue weighted by atomic mass is 10.1. The molecule has 0 fully saturated rings. The van der Waals surface area contributed by atoms with Gasteiger partial charge in [0, 0.05) is 12.6 Å². The lowest BCUT2D eigenvalue weighted by Gasteiger charge is -2.13. The highest BCUT2D eigenvalue weighted by Crippen LogP contribution is 2.19. The molecule has 66 valence electrons. The molecule has 12 heavy (non-hydrogen) atoms. The molecule has 0 amide bonds. The van der Waals surface area contributed by atoms with Crippen LogP contribution in [-0.4, -0.2) is 15.0 Å². The Morgan fingerprint density at radius 3 is 3.08 bits per heavy atom. The Bertz CT molecular complexity index is 277. The average Bonchev–Trinajstić information content (AvgIpc) is 2.47. The molecule has 1 unspecified atom stereocenters. The first-order valence-electron chi connectivity index (χ1n) is 4.47. The molecule has 2 rings (SSSR count). The summed E-state index contributed by atoms with van der Waals surface area (Å²) in [5.41, 5.74) is 7.99. The molecule has 0 saturated carbocycles. The zero-order valence-corrected chi connectivity index (χ0v) is 7.32. The first-order valence-corrected chi connectivity index (χ1v) is 4.47. The molecule has 1 aromatic rings. The Balaban J connectivity index is 2.38. The van der Waals surface area contributed by atoms with Gasteiger partial charge in [-0.25, -0.2) is 4.68 Å². The number of nitrogens with two attached hydrogens (primary N) is 1. The molecule has 0 bridgehead atoms. The highest BCUT2D eigenvalue weighted by Gasteiger charge is 2.17. The first kappa shape index (κ1) is 7.73. The number of rotatable bonds is 1. The van der Waals surface area contributed by atoms with E-state index in [-0.39, 0.29) is 6.04 Å². The Kier molecular flexibility index (Phi) is 1.84. The lowest BCUT2D eigenvalue weighted by Crippen LogP contribution is -2.14. The standard InChI is InChI=1S/C8H14N4/c1-6(9)8-7-4-2-3-5-12(7)11-10-8/h6H,2-5,9H2,1H3. The molecule has 1 aliphatic heterocycles. The van der Waals surface area contributed by atoms with Crippen LogP contribution in [-0.2, 0) is 13.0 Å². The zero-order valence-electron chi connectivity index (χ0n) is 7.32. The molecule has 1 atom stereocenters. The van der Waals surface area contributed by atoms with Crippen LogP contribution in [0.25, 0.3) is 0 Å². The van der Waals surface area contributed by atoms with Crippen LogP contribution >= 0.6 is 0 Å². The van der Waals surface area contributed by atoms with E-state index in [0.717, 1.165) is 18.7 Å². The van der Waals surface area contributed by atoms with Gasteiger partial charge < -0.3 is 5.73 Å². The van der Waals surface area contributed by atoms with Crippen LogP contribution in [0.2, 0.25) is 0 Å². The highest BCUT2D eigenvalue weighted by atomic mass is 15.4. The normalized spacial score (nSPS) is 18.8. The van der Waals surface area contributed by atoms with E-state index in [1.807, 2.05) is 11.6 Å². The Labute approximate surface area is 71.8 Å². The maximum Gasteiger partial charge on any atom is 0.102 e. The number of aromatic nitrogens is 3. The van der Waals surface area contributed by atoms with Gasteiger partial charge >= 0.3 is 0 Å². The smallest absolute Gasteiger partial charge is 0.102 e. The quantitative estimate of drug-likeness (QED) is 0.666. The van der Waals surface area contributed by atoms with Gasteiger partial charge in [0.05, 0.1) is 5.69 Å². The van der Waals surface area contributed by atoms with Gasteiger partial charge in [0.15, 0.2) is 0 Å². The number of aryl methyl sites for hydroxylation is 1. The van der Waals surface area contributed by atoms with Gasteiger partial charge in [0.25, 0.3) is 0 Å². The van der Waals surface area contributed by atoms with Crippen molar-refractivity contribution in [3.8, 4) is 0 Å². The molecule has 0 aliphatic carbocycles. The number of hydrogen-bond acceptors (Lipinski definition) is 3. The summed E-state index contributed by atoms with van der Waals surface area (Å²) in [5, 5.41) is 8.15. The number of fused-ring (bicyclic) bond motifs is 1. The molecule has 4 heteroatoms. The molecule has 0 saturated heterocycles. The molecule has 1 aliphatic rings. The van der Waals surface area contributed by atoms with Crippen molar-refractivity contribution < 1.29 is 0 Å². The van der Waals surface area contributed by atoms with Crippen LogP contribution in [0.3, 0.4) is 0 Å². The van der Waals surface area contributed by atoms with E-state index in [0.29, 0.717) is 0 Å². The maximum atomic E-state index is 5.77. The summed E-state index contributed by atoms with van der Waals surface area (Å²) in [4.78, 5) is 0. The summed E-state index contributed by atoms with van der Waals surface area (Å²) in [7, 11) is 0. The van der Waals surface area contributed by atoms with E-state index in [9.17, 15) is 0 Å². The lowest BCUT2D eigenvalue weighted by molar-refractivity contribution is 0.475. The van der Waals surface area contributed by atoms with E-state index < -0.39 is 0 Å². The highest BCUT2D eigenvalue weighted by molar-refractivity contribution is 5.14. The van der Waals surface area contributed by atoms with Gasteiger partial charge in [0.2, 0.25) is 0 Å². The molecule has 0 aromatic carbocycles. The number of hydrogen-bond donors (Lipinski definition) is 1. The minimum Gasteiger partial charge on any atom is -0.323 e. The van der Waals surface area contributed by atoms with Crippen LogP contribution < -0.4 is 5.73 Å². The van der Waals surface area contributed by atoms with Crippen LogP contribution in [0.1, 0.15) is 37.2 Å². The van der Waals surface area contributed by atoms with E-state index in [2.05, 4.69) is 10.3 Å². The first-order chi connectivity index (χ1) is 5.79. The maximum absolute atomic E-state index is 5.77. The second kappa shape index (κ2) is 2.86. The van der Waals surface area contributed by atoms with E-state index >= 15 is 0 Å². The second-order valence-electron chi connectivity index (χ2n) is 3.39. The molecule has 2 heterocycles. The molecule has 2 N–H and O–H groups in total. The van der Waals surface area contributed by atoms with Crippen molar-refractivity contribution in [3.05, 3.63) is 11.4 Å². The van der Waals surface area contributed by atoms with Gasteiger partial charge in [-0.3, -0.25) is 0 Å². The molecular formula is C8H14N4. The van der Waals surface area contributed by atoms with Crippen molar-refractivity contribution in [3.63, 3.8) is 0 Å². The summed E-state index contributed by atoms with van der Waals surface area (Å²) in [6.07, 6.45) is 3.55. The fraction of sp³-hybridized carbons (Fsp3) is 0.750. The van der Waals surface area contributed by atoms with Gasteiger partial charge in [-0.05, 0) is 26.2 Å². The van der Waals surface area contributed by atoms with Crippen molar-refractivity contribution in [2.24, 2.45) is 5.73 Å². The monoisotopic (exact) mass is 166 g/mol. The van der Waals surface area contributed by atoms with E-state index in [1.54, 1.807) is 0 Å². The predicted molar refractivity (Wildman–Crippen MR) is 45.6 cm³/mol. The van der Waals surface area contributed by atoms with Crippen molar-refractivity contribution in [2.75, 3.05) is 0 Å². The van der Waals surface area contributed by atoms with Crippen molar-refractivity contribution in [1.29, 1.82) is 0 Å². The zero-order chi connectivity index (χ0) is 8.55. The minimum atomic E-state index is 0.0202. The van der Waals surface area contributed by atoms with Crippen molar-refractivity contribution >= 4 is 0 Å². The van der Waals surface area contributed by atoms with Crippen LogP contribution in [0.4, 0.5) is 0 Å². The molecule has 0 radical (unpaired) electrons. The number of nitrogens with zero attached hydrogens (tertiary/aromatic N) is 3. The molecular weight excluding hydrogens is 152 g/mol. The van der Waals surface area contributed by atoms with Gasteiger partial charge in [-0.2, -0.15) is 0 Å². The Morgan fingerprint density at radius 2 is 2.33 bits per heavy atom. The van der Waals surface area contributed by atoms with Crippen molar-refractivity contribution in [2.45, 2.75) is 38.8 Å². The largest absolute Gasteiger partial charge is 0.323 e. The third-order valence-electron chi connectivity index (χ3n) is 2.33. The topological polar surface area (TPSA) is 56.7 Å². The fourth-order valence-electron chi connectivity index (χ4n) is 1.69. The van der Waals surface area contributed by atoms with Crippen LogP contribution in [0.5, 0.6) is 0 Å². The third-order valence-corrected chi connectivity index (χ3v) is 2.33. The van der Waals surface area contributed by atoms with Crippen LogP contribution in [0.15, 0.2) is 0 Å². The Hall–Kier alpha value is -0.900. The minimum absolute atomic E-state index is 0.0202. The predicted octanol–water partition coefficient (Wildman–Crippen LogP) is 0.634.